The molecule has 2 N–H and O–H groups in total. The number of aromatic carboxylic acids is 1. The zero-order valence-electron chi connectivity index (χ0n) is 10.1. The van der Waals surface area contributed by atoms with Gasteiger partial charge in [0.25, 0.3) is 0 Å². The molecule has 0 saturated heterocycles. The molecule has 0 spiro atoms. The number of rotatable bonds is 4. The van der Waals surface area contributed by atoms with E-state index in [0.29, 0.717) is 17.1 Å². The lowest BCUT2D eigenvalue weighted by Crippen LogP contribution is -2.08. The number of aliphatic hydroxyl groups excluding tert-OH is 1. The second-order valence-corrected chi connectivity index (χ2v) is 4.03. The predicted octanol–water partition coefficient (Wildman–Crippen LogP) is 0.964. The number of pyridine rings is 1. The zero-order chi connectivity index (χ0) is 13.3. The number of fused-ring (bicyclic) bond motifs is 1. The molecule has 1 atom stereocenters. The van der Waals surface area contributed by atoms with Gasteiger partial charge in [-0.15, -0.1) is 0 Å². The van der Waals surface area contributed by atoms with Gasteiger partial charge in [0.1, 0.15) is 17.1 Å². The van der Waals surface area contributed by atoms with Gasteiger partial charge in [-0.25, -0.2) is 9.78 Å². The maximum absolute atomic E-state index is 11.2. The fourth-order valence-electron chi connectivity index (χ4n) is 1.89. The molecule has 2 heterocycles. The summed E-state index contributed by atoms with van der Waals surface area (Å²) in [5.41, 5.74) is 0.339. The first-order valence-corrected chi connectivity index (χ1v) is 5.50. The number of carbonyl (C=O) groups is 1. The lowest BCUT2D eigenvalue weighted by Gasteiger charge is -2.05. The van der Waals surface area contributed by atoms with Crippen molar-refractivity contribution in [2.24, 2.45) is 0 Å². The van der Waals surface area contributed by atoms with Crippen LogP contribution in [0.5, 0.6) is 5.75 Å². The van der Waals surface area contributed by atoms with E-state index in [4.69, 9.17) is 9.84 Å². The molecule has 0 aliphatic rings. The van der Waals surface area contributed by atoms with E-state index in [2.05, 4.69) is 4.98 Å². The molecule has 2 aromatic rings. The smallest absolute Gasteiger partial charge is 0.356 e. The van der Waals surface area contributed by atoms with Crippen molar-refractivity contribution in [1.29, 1.82) is 0 Å². The van der Waals surface area contributed by atoms with E-state index >= 15 is 0 Å². The van der Waals surface area contributed by atoms with Gasteiger partial charge in [-0.2, -0.15) is 0 Å². The maximum atomic E-state index is 11.2. The Morgan fingerprint density at radius 2 is 2.33 bits per heavy atom. The van der Waals surface area contributed by atoms with Crippen molar-refractivity contribution in [3.8, 4) is 5.75 Å². The monoisotopic (exact) mass is 250 g/mol. The number of imidazole rings is 1. The summed E-state index contributed by atoms with van der Waals surface area (Å²) in [5.74, 6) is -0.176. The predicted molar refractivity (Wildman–Crippen MR) is 64.1 cm³/mol. The molecule has 0 saturated carbocycles. The molecule has 0 fully saturated rings. The molecule has 96 valence electrons. The summed E-state index contributed by atoms with van der Waals surface area (Å²) in [5, 5.41) is 18.6. The van der Waals surface area contributed by atoms with Gasteiger partial charge in [-0.05, 0) is 19.1 Å². The van der Waals surface area contributed by atoms with E-state index in [-0.39, 0.29) is 12.1 Å². The molecule has 0 amide bonds. The van der Waals surface area contributed by atoms with Gasteiger partial charge in [0.05, 0.1) is 13.2 Å². The van der Waals surface area contributed by atoms with Crippen molar-refractivity contribution in [2.45, 2.75) is 19.4 Å². The van der Waals surface area contributed by atoms with Gasteiger partial charge in [0, 0.05) is 12.6 Å². The van der Waals surface area contributed by atoms with Crippen LogP contribution in [0.1, 0.15) is 23.2 Å². The Morgan fingerprint density at radius 1 is 1.61 bits per heavy atom. The summed E-state index contributed by atoms with van der Waals surface area (Å²) in [7, 11) is 1.47. The standard InChI is InChI=1S/C12H14N2O4/c1-7(15)6-9-13-10(12(16)17)11-8(18-2)4-3-5-14(9)11/h3-5,7,15H,6H2,1-2H3,(H,16,17). The highest BCUT2D eigenvalue weighted by Gasteiger charge is 2.20. The van der Waals surface area contributed by atoms with Gasteiger partial charge in [0.15, 0.2) is 5.69 Å². The van der Waals surface area contributed by atoms with Crippen molar-refractivity contribution in [2.75, 3.05) is 7.11 Å². The van der Waals surface area contributed by atoms with Crippen LogP contribution in [0.2, 0.25) is 0 Å². The fourth-order valence-corrected chi connectivity index (χ4v) is 1.89. The van der Waals surface area contributed by atoms with E-state index in [1.165, 1.54) is 7.11 Å². The zero-order valence-corrected chi connectivity index (χ0v) is 10.1. The minimum absolute atomic E-state index is 0.0666. The lowest BCUT2D eigenvalue weighted by molar-refractivity contribution is 0.0692. The third kappa shape index (κ3) is 2.02. The first-order chi connectivity index (χ1) is 8.54. The molecule has 18 heavy (non-hydrogen) atoms. The highest BCUT2D eigenvalue weighted by atomic mass is 16.5. The van der Waals surface area contributed by atoms with Crippen LogP contribution in [0.4, 0.5) is 0 Å². The van der Waals surface area contributed by atoms with Crippen molar-refractivity contribution in [3.63, 3.8) is 0 Å². The number of hydrogen-bond acceptors (Lipinski definition) is 4. The molecule has 0 aliphatic heterocycles. The highest BCUT2D eigenvalue weighted by Crippen LogP contribution is 2.24. The molecule has 0 aromatic carbocycles. The number of carboxylic acid groups (broad SMARTS) is 1. The van der Waals surface area contributed by atoms with Crippen molar-refractivity contribution >= 4 is 11.5 Å². The Morgan fingerprint density at radius 3 is 2.89 bits per heavy atom. The largest absolute Gasteiger partial charge is 0.494 e. The number of carboxylic acids is 1. The SMILES string of the molecule is COc1cccn2c(CC(C)O)nc(C(=O)O)c12. The Labute approximate surface area is 103 Å². The number of hydrogen-bond donors (Lipinski definition) is 2. The normalized spacial score (nSPS) is 12.6. The van der Waals surface area contributed by atoms with Crippen molar-refractivity contribution < 1.29 is 19.7 Å². The van der Waals surface area contributed by atoms with Crippen molar-refractivity contribution in [1.82, 2.24) is 9.38 Å². The summed E-state index contributed by atoms with van der Waals surface area (Å²) in [6.07, 6.45) is 1.39. The van der Waals surface area contributed by atoms with Gasteiger partial charge in [-0.1, -0.05) is 0 Å². The molecule has 2 rings (SSSR count). The maximum Gasteiger partial charge on any atom is 0.356 e. The van der Waals surface area contributed by atoms with Gasteiger partial charge in [0.2, 0.25) is 0 Å². The minimum atomic E-state index is -1.12. The molecular formula is C12H14N2O4. The van der Waals surface area contributed by atoms with E-state index in [1.54, 1.807) is 29.7 Å². The Hall–Kier alpha value is -2.08. The molecule has 1 unspecified atom stereocenters. The Kier molecular flexibility index (Phi) is 3.20. The summed E-state index contributed by atoms with van der Waals surface area (Å²) in [4.78, 5) is 15.2. The van der Waals surface area contributed by atoms with Crippen LogP contribution in [-0.4, -0.2) is 38.8 Å². The number of aliphatic hydroxyl groups is 1. The average molecular weight is 250 g/mol. The minimum Gasteiger partial charge on any atom is -0.494 e. The van der Waals surface area contributed by atoms with E-state index < -0.39 is 12.1 Å². The Bertz CT molecular complexity index is 589. The fraction of sp³-hybridized carbons (Fsp3) is 0.333. The van der Waals surface area contributed by atoms with Crippen LogP contribution in [0, 0.1) is 0 Å². The quantitative estimate of drug-likeness (QED) is 0.844. The van der Waals surface area contributed by atoms with Crippen LogP contribution in [0.15, 0.2) is 18.3 Å². The molecule has 0 radical (unpaired) electrons. The first kappa shape index (κ1) is 12.4. The third-order valence-electron chi connectivity index (χ3n) is 2.60. The van der Waals surface area contributed by atoms with Crippen molar-refractivity contribution in [3.05, 3.63) is 29.8 Å². The van der Waals surface area contributed by atoms with Gasteiger partial charge >= 0.3 is 5.97 Å². The second kappa shape index (κ2) is 4.66. The average Bonchev–Trinajstić information content (AvgIpc) is 2.67. The number of methoxy groups -OCH3 is 1. The molecular weight excluding hydrogens is 236 g/mol. The molecule has 0 aliphatic carbocycles. The summed E-state index contributed by atoms with van der Waals surface area (Å²) in [6, 6.07) is 3.42. The highest BCUT2D eigenvalue weighted by molar-refractivity contribution is 5.95. The number of ether oxygens (including phenoxy) is 1. The lowest BCUT2D eigenvalue weighted by atomic mass is 10.3. The Balaban J connectivity index is 2.72. The molecule has 6 nitrogen and oxygen atoms in total. The van der Waals surface area contributed by atoms with Crippen LogP contribution >= 0.6 is 0 Å². The van der Waals surface area contributed by atoms with E-state index in [0.717, 1.165) is 0 Å². The number of nitrogens with zero attached hydrogens (tertiary/aromatic N) is 2. The topological polar surface area (TPSA) is 84.1 Å². The number of aromatic nitrogens is 2. The van der Waals surface area contributed by atoms with Gasteiger partial charge in [-0.3, -0.25) is 4.40 Å². The summed E-state index contributed by atoms with van der Waals surface area (Å²) < 4.78 is 6.78. The first-order valence-electron chi connectivity index (χ1n) is 5.50. The van der Waals surface area contributed by atoms with E-state index in [1.807, 2.05) is 0 Å². The van der Waals surface area contributed by atoms with Crippen LogP contribution < -0.4 is 4.74 Å². The van der Waals surface area contributed by atoms with Gasteiger partial charge < -0.3 is 14.9 Å². The van der Waals surface area contributed by atoms with Crippen LogP contribution in [0.25, 0.3) is 5.52 Å². The van der Waals surface area contributed by atoms with Crippen LogP contribution in [0.3, 0.4) is 0 Å². The molecule has 0 bridgehead atoms. The summed E-state index contributed by atoms with van der Waals surface area (Å²) in [6.45, 7) is 1.63. The van der Waals surface area contributed by atoms with Crippen LogP contribution in [-0.2, 0) is 6.42 Å². The van der Waals surface area contributed by atoms with E-state index in [9.17, 15) is 9.90 Å². The third-order valence-corrected chi connectivity index (χ3v) is 2.60. The molecule has 6 heteroatoms. The second-order valence-electron chi connectivity index (χ2n) is 4.03. The molecule has 2 aromatic heterocycles. The summed E-state index contributed by atoms with van der Waals surface area (Å²) >= 11 is 0.